The SMILES string of the molecule is COc1ccc(C(CN)N(C)CC2(N(C)C)CCC2)cc1. The highest BCUT2D eigenvalue weighted by Crippen LogP contribution is 2.38. The summed E-state index contributed by atoms with van der Waals surface area (Å²) in [7, 11) is 8.26. The van der Waals surface area contributed by atoms with Crippen LogP contribution in [0, 0.1) is 0 Å². The van der Waals surface area contributed by atoms with Crippen molar-refractivity contribution in [3.05, 3.63) is 29.8 Å². The lowest BCUT2D eigenvalue weighted by Crippen LogP contribution is -2.57. The maximum Gasteiger partial charge on any atom is 0.118 e. The molecule has 0 spiro atoms. The molecule has 1 aliphatic rings. The van der Waals surface area contributed by atoms with E-state index in [-0.39, 0.29) is 6.04 Å². The van der Waals surface area contributed by atoms with Crippen LogP contribution in [0.4, 0.5) is 0 Å². The molecule has 0 bridgehead atoms. The monoisotopic (exact) mass is 291 g/mol. The van der Waals surface area contributed by atoms with E-state index in [0.717, 1.165) is 12.3 Å². The first-order valence-electron chi connectivity index (χ1n) is 7.74. The molecule has 0 amide bonds. The third-order valence-corrected chi connectivity index (χ3v) is 5.03. The second kappa shape index (κ2) is 6.77. The van der Waals surface area contributed by atoms with E-state index < -0.39 is 0 Å². The average molecular weight is 291 g/mol. The smallest absolute Gasteiger partial charge is 0.118 e. The molecule has 0 aromatic heterocycles. The standard InChI is InChI=1S/C17H29N3O/c1-19(2)17(10-5-11-17)13-20(3)16(12-18)14-6-8-15(21-4)9-7-14/h6-9,16H,5,10-13,18H2,1-4H3. The van der Waals surface area contributed by atoms with E-state index in [4.69, 9.17) is 10.5 Å². The van der Waals surface area contributed by atoms with Crippen LogP contribution in [-0.2, 0) is 0 Å². The Kier molecular flexibility index (Phi) is 5.25. The number of nitrogens with zero attached hydrogens (tertiary/aromatic N) is 2. The van der Waals surface area contributed by atoms with Gasteiger partial charge in [0.1, 0.15) is 5.75 Å². The molecule has 4 heteroatoms. The van der Waals surface area contributed by atoms with Crippen LogP contribution in [0.5, 0.6) is 5.75 Å². The molecule has 1 aliphatic carbocycles. The number of hydrogen-bond donors (Lipinski definition) is 1. The van der Waals surface area contributed by atoms with Gasteiger partial charge in [-0.1, -0.05) is 12.1 Å². The van der Waals surface area contributed by atoms with Gasteiger partial charge in [-0.15, -0.1) is 0 Å². The zero-order valence-electron chi connectivity index (χ0n) is 13.8. The van der Waals surface area contributed by atoms with Gasteiger partial charge in [-0.25, -0.2) is 0 Å². The first kappa shape index (κ1) is 16.3. The Bertz CT molecular complexity index is 440. The van der Waals surface area contributed by atoms with Crippen LogP contribution in [-0.4, -0.2) is 56.7 Å². The fourth-order valence-corrected chi connectivity index (χ4v) is 3.30. The Balaban J connectivity index is 2.08. The third kappa shape index (κ3) is 3.39. The lowest BCUT2D eigenvalue weighted by Gasteiger charge is -2.50. The average Bonchev–Trinajstić information content (AvgIpc) is 2.44. The number of benzene rings is 1. The normalized spacial score (nSPS) is 18.6. The number of rotatable bonds is 7. The van der Waals surface area contributed by atoms with E-state index in [1.54, 1.807) is 7.11 Å². The van der Waals surface area contributed by atoms with Gasteiger partial charge in [-0.3, -0.25) is 4.90 Å². The molecule has 1 aromatic carbocycles. The van der Waals surface area contributed by atoms with Crippen molar-refractivity contribution in [1.82, 2.24) is 9.80 Å². The summed E-state index contributed by atoms with van der Waals surface area (Å²) in [5.41, 5.74) is 7.63. The molecule has 1 aromatic rings. The minimum absolute atomic E-state index is 0.258. The summed E-state index contributed by atoms with van der Waals surface area (Å²) in [6.07, 6.45) is 3.90. The van der Waals surface area contributed by atoms with Crippen molar-refractivity contribution in [3.63, 3.8) is 0 Å². The molecule has 0 aliphatic heterocycles. The van der Waals surface area contributed by atoms with E-state index in [1.165, 1.54) is 24.8 Å². The highest BCUT2D eigenvalue weighted by Gasteiger charge is 2.40. The largest absolute Gasteiger partial charge is 0.497 e. The van der Waals surface area contributed by atoms with E-state index in [0.29, 0.717) is 12.1 Å². The molecule has 2 N–H and O–H groups in total. The Hall–Kier alpha value is -1.10. The van der Waals surface area contributed by atoms with E-state index in [2.05, 4.69) is 43.1 Å². The number of hydrogen-bond acceptors (Lipinski definition) is 4. The zero-order chi connectivity index (χ0) is 15.5. The first-order chi connectivity index (χ1) is 10.0. The Morgan fingerprint density at radius 3 is 2.19 bits per heavy atom. The van der Waals surface area contributed by atoms with Crippen LogP contribution in [0.2, 0.25) is 0 Å². The van der Waals surface area contributed by atoms with Gasteiger partial charge in [0.15, 0.2) is 0 Å². The van der Waals surface area contributed by atoms with Crippen LogP contribution in [0.25, 0.3) is 0 Å². The molecule has 1 unspecified atom stereocenters. The van der Waals surface area contributed by atoms with Crippen LogP contribution < -0.4 is 10.5 Å². The molecule has 4 nitrogen and oxygen atoms in total. The fraction of sp³-hybridized carbons (Fsp3) is 0.647. The molecule has 1 atom stereocenters. The first-order valence-corrected chi connectivity index (χ1v) is 7.74. The second-order valence-corrected chi connectivity index (χ2v) is 6.41. The van der Waals surface area contributed by atoms with Crippen molar-refractivity contribution in [2.45, 2.75) is 30.8 Å². The highest BCUT2D eigenvalue weighted by molar-refractivity contribution is 5.29. The van der Waals surface area contributed by atoms with Crippen LogP contribution >= 0.6 is 0 Å². The quantitative estimate of drug-likeness (QED) is 0.835. The van der Waals surface area contributed by atoms with Crippen LogP contribution in [0.1, 0.15) is 30.9 Å². The van der Waals surface area contributed by atoms with Gasteiger partial charge in [0, 0.05) is 24.7 Å². The molecule has 0 heterocycles. The van der Waals surface area contributed by atoms with E-state index >= 15 is 0 Å². The number of nitrogens with two attached hydrogens (primary N) is 1. The van der Waals surface area contributed by atoms with Gasteiger partial charge >= 0.3 is 0 Å². The van der Waals surface area contributed by atoms with Crippen LogP contribution in [0.3, 0.4) is 0 Å². The van der Waals surface area contributed by atoms with Gasteiger partial charge in [-0.2, -0.15) is 0 Å². The number of methoxy groups -OCH3 is 1. The predicted octanol–water partition coefficient (Wildman–Crippen LogP) is 2.11. The second-order valence-electron chi connectivity index (χ2n) is 6.41. The summed E-state index contributed by atoms with van der Waals surface area (Å²) < 4.78 is 5.23. The Labute approximate surface area is 128 Å². The van der Waals surface area contributed by atoms with Gasteiger partial charge in [0.25, 0.3) is 0 Å². The molecule has 1 saturated carbocycles. The molecular formula is C17H29N3O. The molecule has 0 radical (unpaired) electrons. The van der Waals surface area contributed by atoms with E-state index in [9.17, 15) is 0 Å². The van der Waals surface area contributed by atoms with Gasteiger partial charge in [0.2, 0.25) is 0 Å². The minimum atomic E-state index is 0.258. The Morgan fingerprint density at radius 1 is 1.19 bits per heavy atom. The molecule has 0 saturated heterocycles. The fourth-order valence-electron chi connectivity index (χ4n) is 3.30. The zero-order valence-corrected chi connectivity index (χ0v) is 13.8. The van der Waals surface area contributed by atoms with Crippen molar-refractivity contribution in [3.8, 4) is 5.75 Å². The number of ether oxygens (including phenoxy) is 1. The maximum absolute atomic E-state index is 6.04. The molecule has 1 fully saturated rings. The van der Waals surface area contributed by atoms with Gasteiger partial charge < -0.3 is 15.4 Å². The molecular weight excluding hydrogens is 262 g/mol. The van der Waals surface area contributed by atoms with Crippen molar-refractivity contribution >= 4 is 0 Å². The third-order valence-electron chi connectivity index (χ3n) is 5.03. The van der Waals surface area contributed by atoms with Gasteiger partial charge in [0.05, 0.1) is 7.11 Å². The van der Waals surface area contributed by atoms with Crippen LogP contribution in [0.15, 0.2) is 24.3 Å². The summed E-state index contributed by atoms with van der Waals surface area (Å²) in [6, 6.07) is 8.52. The van der Waals surface area contributed by atoms with Gasteiger partial charge in [-0.05, 0) is 58.1 Å². The van der Waals surface area contributed by atoms with Crippen molar-refractivity contribution in [2.75, 3.05) is 41.3 Å². The summed E-state index contributed by atoms with van der Waals surface area (Å²) in [4.78, 5) is 4.79. The summed E-state index contributed by atoms with van der Waals surface area (Å²) >= 11 is 0. The topological polar surface area (TPSA) is 41.7 Å². The minimum Gasteiger partial charge on any atom is -0.497 e. The molecule has 21 heavy (non-hydrogen) atoms. The van der Waals surface area contributed by atoms with Crippen molar-refractivity contribution in [1.29, 1.82) is 0 Å². The molecule has 118 valence electrons. The summed E-state index contributed by atoms with van der Waals surface area (Å²) in [5.74, 6) is 0.890. The number of likely N-dealkylation sites (N-methyl/N-ethyl adjacent to an activating group) is 2. The maximum atomic E-state index is 6.04. The summed E-state index contributed by atoms with van der Waals surface area (Å²) in [5, 5.41) is 0. The predicted molar refractivity (Wildman–Crippen MR) is 87.7 cm³/mol. The van der Waals surface area contributed by atoms with Crippen molar-refractivity contribution in [2.24, 2.45) is 5.73 Å². The van der Waals surface area contributed by atoms with E-state index in [1.807, 2.05) is 12.1 Å². The lowest BCUT2D eigenvalue weighted by atomic mass is 9.75. The lowest BCUT2D eigenvalue weighted by molar-refractivity contribution is 0.0168. The molecule has 2 rings (SSSR count). The van der Waals surface area contributed by atoms with Crippen molar-refractivity contribution < 1.29 is 4.74 Å². The summed E-state index contributed by atoms with van der Waals surface area (Å²) in [6.45, 7) is 1.69. The highest BCUT2D eigenvalue weighted by atomic mass is 16.5. The Morgan fingerprint density at radius 2 is 1.81 bits per heavy atom.